The second-order valence-electron chi connectivity index (χ2n) is 6.00. The van der Waals surface area contributed by atoms with Gasteiger partial charge in [0.15, 0.2) is 0 Å². The quantitative estimate of drug-likeness (QED) is 0.890. The van der Waals surface area contributed by atoms with Crippen molar-refractivity contribution in [2.45, 2.75) is 32.7 Å². The van der Waals surface area contributed by atoms with Crippen LogP contribution in [0.25, 0.3) is 0 Å². The van der Waals surface area contributed by atoms with E-state index in [0.29, 0.717) is 12.1 Å². The van der Waals surface area contributed by atoms with Crippen molar-refractivity contribution < 1.29 is 9.59 Å². The molecule has 5 heteroatoms. The molecule has 0 heterocycles. The van der Waals surface area contributed by atoms with Gasteiger partial charge in [-0.2, -0.15) is 0 Å². The Kier molecular flexibility index (Phi) is 5.13. The maximum absolute atomic E-state index is 11.9. The van der Waals surface area contributed by atoms with Gasteiger partial charge in [-0.25, -0.2) is 4.79 Å². The molecule has 0 bridgehead atoms. The minimum absolute atomic E-state index is 0.0337. The third-order valence-electron chi connectivity index (χ3n) is 2.46. The average molecular weight is 277 g/mol. The van der Waals surface area contributed by atoms with Gasteiger partial charge in [0.2, 0.25) is 5.91 Å². The van der Waals surface area contributed by atoms with Crippen LogP contribution in [-0.4, -0.2) is 36.5 Å². The molecule has 0 atom stereocenters. The third-order valence-corrected chi connectivity index (χ3v) is 2.46. The van der Waals surface area contributed by atoms with Crippen LogP contribution in [0.5, 0.6) is 0 Å². The summed E-state index contributed by atoms with van der Waals surface area (Å²) in [5.74, 6) is -0.0337. The topological polar surface area (TPSA) is 61.4 Å². The summed E-state index contributed by atoms with van der Waals surface area (Å²) in [6, 6.07) is 7.11. The predicted octanol–water partition coefficient (Wildman–Crippen LogP) is 2.24. The maximum Gasteiger partial charge on any atom is 0.321 e. The molecule has 0 spiro atoms. The Labute approximate surface area is 120 Å². The van der Waals surface area contributed by atoms with Gasteiger partial charge in [-0.15, -0.1) is 0 Å². The number of hydrogen-bond donors (Lipinski definition) is 2. The lowest BCUT2D eigenvalue weighted by atomic mass is 10.1. The first kappa shape index (κ1) is 16.0. The zero-order valence-electron chi connectivity index (χ0n) is 12.8. The minimum atomic E-state index is -0.242. The standard InChI is InChI=1S/C15H23N3O2/c1-15(2,3)17-13(19)10-11-7-6-8-12(9-11)16-14(20)18(4)5/h6-9H,10H2,1-5H3,(H,16,20)(H,17,19). The van der Waals surface area contributed by atoms with E-state index in [1.165, 1.54) is 4.90 Å². The summed E-state index contributed by atoms with van der Waals surface area (Å²) < 4.78 is 0. The fourth-order valence-electron chi connectivity index (χ4n) is 1.64. The smallest absolute Gasteiger partial charge is 0.321 e. The summed E-state index contributed by atoms with van der Waals surface area (Å²) in [5, 5.41) is 5.67. The molecule has 3 amide bonds. The number of nitrogens with one attached hydrogen (secondary N) is 2. The second-order valence-corrected chi connectivity index (χ2v) is 6.00. The molecule has 0 aliphatic carbocycles. The van der Waals surface area contributed by atoms with Gasteiger partial charge in [0.25, 0.3) is 0 Å². The molecule has 5 nitrogen and oxygen atoms in total. The Morgan fingerprint density at radius 1 is 1.20 bits per heavy atom. The highest BCUT2D eigenvalue weighted by Gasteiger charge is 2.14. The Hall–Kier alpha value is -2.04. The first-order chi connectivity index (χ1) is 9.17. The maximum atomic E-state index is 11.9. The van der Waals surface area contributed by atoms with Crippen LogP contribution in [-0.2, 0) is 11.2 Å². The number of benzene rings is 1. The highest BCUT2D eigenvalue weighted by atomic mass is 16.2. The summed E-state index contributed by atoms with van der Waals surface area (Å²) in [7, 11) is 3.35. The van der Waals surface area contributed by atoms with Crippen molar-refractivity contribution >= 4 is 17.6 Å². The molecule has 0 aliphatic rings. The van der Waals surface area contributed by atoms with Crippen LogP contribution in [0.3, 0.4) is 0 Å². The highest BCUT2D eigenvalue weighted by Crippen LogP contribution is 2.12. The summed E-state index contributed by atoms with van der Waals surface area (Å²) in [5.41, 5.74) is 1.31. The number of nitrogens with zero attached hydrogens (tertiary/aromatic N) is 1. The molecule has 1 aromatic rings. The number of amides is 3. The van der Waals surface area contributed by atoms with E-state index in [0.717, 1.165) is 5.56 Å². The molecule has 1 rings (SSSR count). The van der Waals surface area contributed by atoms with Crippen molar-refractivity contribution in [3.8, 4) is 0 Å². The van der Waals surface area contributed by atoms with Crippen LogP contribution in [0.2, 0.25) is 0 Å². The van der Waals surface area contributed by atoms with Gasteiger partial charge in [-0.05, 0) is 38.5 Å². The number of carbonyl (C=O) groups is 2. The van der Waals surface area contributed by atoms with Crippen LogP contribution in [0, 0.1) is 0 Å². The Bertz CT molecular complexity index is 490. The molecular formula is C15H23N3O2. The predicted molar refractivity (Wildman–Crippen MR) is 80.7 cm³/mol. The number of rotatable bonds is 3. The van der Waals surface area contributed by atoms with E-state index in [1.54, 1.807) is 20.2 Å². The first-order valence-corrected chi connectivity index (χ1v) is 6.55. The van der Waals surface area contributed by atoms with E-state index in [2.05, 4.69) is 10.6 Å². The highest BCUT2D eigenvalue weighted by molar-refractivity contribution is 5.89. The molecule has 0 saturated carbocycles. The van der Waals surface area contributed by atoms with Crippen LogP contribution in [0.1, 0.15) is 26.3 Å². The van der Waals surface area contributed by atoms with Crippen molar-refractivity contribution in [2.24, 2.45) is 0 Å². The molecule has 0 aliphatic heterocycles. The van der Waals surface area contributed by atoms with E-state index >= 15 is 0 Å². The zero-order chi connectivity index (χ0) is 15.3. The largest absolute Gasteiger partial charge is 0.351 e. The van der Waals surface area contributed by atoms with Crippen LogP contribution in [0.4, 0.5) is 10.5 Å². The van der Waals surface area contributed by atoms with Gasteiger partial charge < -0.3 is 15.5 Å². The van der Waals surface area contributed by atoms with E-state index in [1.807, 2.05) is 39.0 Å². The minimum Gasteiger partial charge on any atom is -0.351 e. The number of urea groups is 1. The van der Waals surface area contributed by atoms with Crippen LogP contribution >= 0.6 is 0 Å². The molecule has 20 heavy (non-hydrogen) atoms. The van der Waals surface area contributed by atoms with E-state index < -0.39 is 0 Å². The fraction of sp³-hybridized carbons (Fsp3) is 0.467. The van der Waals surface area contributed by atoms with E-state index in [-0.39, 0.29) is 17.5 Å². The molecule has 0 unspecified atom stereocenters. The fourth-order valence-corrected chi connectivity index (χ4v) is 1.64. The van der Waals surface area contributed by atoms with Gasteiger partial charge in [0.1, 0.15) is 0 Å². The van der Waals surface area contributed by atoms with E-state index in [9.17, 15) is 9.59 Å². The van der Waals surface area contributed by atoms with Gasteiger partial charge in [-0.1, -0.05) is 12.1 Å². The average Bonchev–Trinajstić information content (AvgIpc) is 2.26. The summed E-state index contributed by atoms with van der Waals surface area (Å²) in [6.07, 6.45) is 0.295. The lowest BCUT2D eigenvalue weighted by Crippen LogP contribution is -2.41. The molecule has 2 N–H and O–H groups in total. The summed E-state index contributed by atoms with van der Waals surface area (Å²) in [6.45, 7) is 5.83. The number of hydrogen-bond acceptors (Lipinski definition) is 2. The zero-order valence-corrected chi connectivity index (χ0v) is 12.8. The molecule has 0 aromatic heterocycles. The van der Waals surface area contributed by atoms with Gasteiger partial charge in [0, 0.05) is 25.3 Å². The van der Waals surface area contributed by atoms with Crippen molar-refractivity contribution in [3.63, 3.8) is 0 Å². The molecule has 0 radical (unpaired) electrons. The Morgan fingerprint density at radius 3 is 2.40 bits per heavy atom. The normalized spacial score (nSPS) is 10.8. The lowest BCUT2D eigenvalue weighted by Gasteiger charge is -2.20. The monoisotopic (exact) mass is 277 g/mol. The van der Waals surface area contributed by atoms with Crippen LogP contribution < -0.4 is 10.6 Å². The van der Waals surface area contributed by atoms with Gasteiger partial charge in [-0.3, -0.25) is 4.79 Å². The second kappa shape index (κ2) is 6.41. The molecule has 110 valence electrons. The Morgan fingerprint density at radius 2 is 1.85 bits per heavy atom. The lowest BCUT2D eigenvalue weighted by molar-refractivity contribution is -0.121. The Balaban J connectivity index is 2.69. The van der Waals surface area contributed by atoms with Crippen molar-refractivity contribution in [1.29, 1.82) is 0 Å². The van der Waals surface area contributed by atoms with Crippen LogP contribution in [0.15, 0.2) is 24.3 Å². The third kappa shape index (κ3) is 5.73. The SMILES string of the molecule is CN(C)C(=O)Nc1cccc(CC(=O)NC(C)(C)C)c1. The van der Waals surface area contributed by atoms with Crippen molar-refractivity contribution in [3.05, 3.63) is 29.8 Å². The number of carbonyl (C=O) groups excluding carboxylic acids is 2. The summed E-state index contributed by atoms with van der Waals surface area (Å²) in [4.78, 5) is 24.9. The van der Waals surface area contributed by atoms with E-state index in [4.69, 9.17) is 0 Å². The molecule has 0 fully saturated rings. The molecular weight excluding hydrogens is 254 g/mol. The van der Waals surface area contributed by atoms with Crippen molar-refractivity contribution in [2.75, 3.05) is 19.4 Å². The van der Waals surface area contributed by atoms with Gasteiger partial charge in [0.05, 0.1) is 6.42 Å². The number of anilines is 1. The summed E-state index contributed by atoms with van der Waals surface area (Å²) >= 11 is 0. The molecule has 1 aromatic carbocycles. The van der Waals surface area contributed by atoms with Gasteiger partial charge >= 0.3 is 6.03 Å². The van der Waals surface area contributed by atoms with Crippen molar-refractivity contribution in [1.82, 2.24) is 10.2 Å². The molecule has 0 saturated heterocycles. The first-order valence-electron chi connectivity index (χ1n) is 6.55.